The highest BCUT2D eigenvalue weighted by Crippen LogP contribution is 2.23. The maximum Gasteiger partial charge on any atom is 0.239 e. The van der Waals surface area contributed by atoms with Crippen molar-refractivity contribution in [2.24, 2.45) is 4.99 Å². The highest BCUT2D eigenvalue weighted by Gasteiger charge is 2.17. The summed E-state index contributed by atoms with van der Waals surface area (Å²) in [4.78, 5) is 16.7. The number of rotatable bonds is 10. The molecule has 168 valence electrons. The number of furan rings is 1. The monoisotopic (exact) mass is 428 g/mol. The maximum atomic E-state index is 12.1. The molecule has 1 aromatic carbocycles. The molecule has 1 fully saturated rings. The third-order valence-electron chi connectivity index (χ3n) is 4.88. The van der Waals surface area contributed by atoms with E-state index >= 15 is 0 Å². The van der Waals surface area contributed by atoms with Crippen LogP contribution in [0.5, 0.6) is 5.75 Å². The fourth-order valence-electron chi connectivity index (χ4n) is 3.22. The summed E-state index contributed by atoms with van der Waals surface area (Å²) in [5, 5.41) is 9.03. The first kappa shape index (κ1) is 22.7. The van der Waals surface area contributed by atoms with E-state index in [1.165, 1.54) is 0 Å². The van der Waals surface area contributed by atoms with E-state index in [0.717, 1.165) is 36.3 Å². The average Bonchev–Trinajstić information content (AvgIpc) is 3.48. The summed E-state index contributed by atoms with van der Waals surface area (Å²) in [6.07, 6.45) is 3.87. The van der Waals surface area contributed by atoms with Gasteiger partial charge >= 0.3 is 0 Å². The van der Waals surface area contributed by atoms with Gasteiger partial charge in [-0.05, 0) is 50.5 Å². The number of ether oxygens (including phenoxy) is 2. The molecule has 1 aromatic heterocycles. The Morgan fingerprint density at radius 2 is 2.16 bits per heavy atom. The zero-order valence-electron chi connectivity index (χ0n) is 18.3. The van der Waals surface area contributed by atoms with Crippen LogP contribution in [0.4, 0.5) is 0 Å². The molecule has 2 aromatic rings. The molecule has 0 aliphatic carbocycles. The second-order valence-electron chi connectivity index (χ2n) is 7.46. The molecule has 0 radical (unpaired) electrons. The molecule has 2 heterocycles. The van der Waals surface area contributed by atoms with Crippen LogP contribution in [0, 0.1) is 6.92 Å². The number of amides is 1. The summed E-state index contributed by atoms with van der Waals surface area (Å²) in [5.41, 5.74) is 2.12. The van der Waals surface area contributed by atoms with E-state index in [9.17, 15) is 4.79 Å². The predicted octanol–water partition coefficient (Wildman–Crippen LogP) is 2.52. The molecule has 1 unspecified atom stereocenters. The minimum Gasteiger partial charge on any atom is -0.491 e. The van der Waals surface area contributed by atoms with E-state index < -0.39 is 0 Å². The summed E-state index contributed by atoms with van der Waals surface area (Å²) >= 11 is 0. The molecule has 8 heteroatoms. The number of carbonyl (C=O) groups excluding carboxylic acids is 1. The maximum absolute atomic E-state index is 12.1. The van der Waals surface area contributed by atoms with Crippen LogP contribution < -0.4 is 20.7 Å². The Bertz CT molecular complexity index is 845. The number of benzene rings is 1. The lowest BCUT2D eigenvalue weighted by Crippen LogP contribution is -2.43. The Morgan fingerprint density at radius 3 is 2.90 bits per heavy atom. The predicted molar refractivity (Wildman–Crippen MR) is 119 cm³/mol. The highest BCUT2D eigenvalue weighted by molar-refractivity contribution is 5.86. The van der Waals surface area contributed by atoms with Gasteiger partial charge in [0.1, 0.15) is 18.1 Å². The SMILES string of the molecule is CCNC(=NCc1ccc(C)cc1OCC1CCCO1)NCC(=O)NCc1ccco1. The van der Waals surface area contributed by atoms with Gasteiger partial charge in [-0.15, -0.1) is 0 Å². The standard InChI is InChI=1S/C23H32N4O4/c1-3-24-23(27-15-22(28)25-14-19-6-4-10-29-19)26-13-18-9-8-17(2)12-21(18)31-16-20-7-5-11-30-20/h4,6,8-10,12,20H,3,5,7,11,13-16H2,1-2H3,(H,25,28)(H2,24,26,27). The Labute approximate surface area is 183 Å². The van der Waals surface area contributed by atoms with Gasteiger partial charge in [0.15, 0.2) is 5.96 Å². The smallest absolute Gasteiger partial charge is 0.239 e. The number of hydrogen-bond acceptors (Lipinski definition) is 5. The number of hydrogen-bond donors (Lipinski definition) is 3. The van der Waals surface area contributed by atoms with Crippen LogP contribution >= 0.6 is 0 Å². The Morgan fingerprint density at radius 1 is 1.26 bits per heavy atom. The van der Waals surface area contributed by atoms with Crippen molar-refractivity contribution in [2.45, 2.75) is 45.9 Å². The largest absolute Gasteiger partial charge is 0.491 e. The number of nitrogens with zero attached hydrogens (tertiary/aromatic N) is 1. The molecule has 1 amide bonds. The molecule has 1 aliphatic rings. The minimum absolute atomic E-state index is 0.114. The summed E-state index contributed by atoms with van der Waals surface area (Å²) < 4.78 is 16.9. The molecule has 0 saturated carbocycles. The fourth-order valence-corrected chi connectivity index (χ4v) is 3.22. The van der Waals surface area contributed by atoms with Crippen LogP contribution in [0.2, 0.25) is 0 Å². The first-order valence-electron chi connectivity index (χ1n) is 10.8. The Kier molecular flexibility index (Phi) is 8.78. The lowest BCUT2D eigenvalue weighted by atomic mass is 10.1. The summed E-state index contributed by atoms with van der Waals surface area (Å²) in [5.74, 6) is 1.97. The quantitative estimate of drug-likeness (QED) is 0.397. The van der Waals surface area contributed by atoms with E-state index in [1.807, 2.05) is 38.1 Å². The number of guanidine groups is 1. The van der Waals surface area contributed by atoms with E-state index in [4.69, 9.17) is 13.9 Å². The van der Waals surface area contributed by atoms with Crippen molar-refractivity contribution in [1.82, 2.24) is 16.0 Å². The minimum atomic E-state index is -0.141. The zero-order valence-corrected chi connectivity index (χ0v) is 18.3. The molecule has 3 N–H and O–H groups in total. The van der Waals surface area contributed by atoms with E-state index in [1.54, 1.807) is 12.3 Å². The van der Waals surface area contributed by atoms with Crippen LogP contribution in [0.15, 0.2) is 46.0 Å². The third kappa shape index (κ3) is 7.64. The lowest BCUT2D eigenvalue weighted by molar-refractivity contribution is -0.120. The van der Waals surface area contributed by atoms with Gasteiger partial charge in [-0.25, -0.2) is 4.99 Å². The Balaban J connectivity index is 1.54. The molecule has 8 nitrogen and oxygen atoms in total. The van der Waals surface area contributed by atoms with Gasteiger partial charge in [-0.3, -0.25) is 4.79 Å². The topological polar surface area (TPSA) is 97.1 Å². The first-order chi connectivity index (χ1) is 15.1. The van der Waals surface area contributed by atoms with Crippen molar-refractivity contribution < 1.29 is 18.7 Å². The third-order valence-corrected chi connectivity index (χ3v) is 4.88. The number of aliphatic imine (C=N–C) groups is 1. The zero-order chi connectivity index (χ0) is 21.9. The van der Waals surface area contributed by atoms with Crippen molar-refractivity contribution in [3.8, 4) is 5.75 Å². The molecule has 3 rings (SSSR count). The van der Waals surface area contributed by atoms with Gasteiger partial charge in [-0.1, -0.05) is 12.1 Å². The van der Waals surface area contributed by atoms with Gasteiger partial charge in [0.05, 0.1) is 32.0 Å². The van der Waals surface area contributed by atoms with Crippen LogP contribution in [0.3, 0.4) is 0 Å². The number of carbonyl (C=O) groups is 1. The molecule has 31 heavy (non-hydrogen) atoms. The van der Waals surface area contributed by atoms with Crippen LogP contribution in [0.25, 0.3) is 0 Å². The Hall–Kier alpha value is -3.00. The second kappa shape index (κ2) is 12.0. The first-order valence-corrected chi connectivity index (χ1v) is 10.8. The van der Waals surface area contributed by atoms with Crippen molar-refractivity contribution in [3.63, 3.8) is 0 Å². The van der Waals surface area contributed by atoms with E-state index in [2.05, 4.69) is 20.9 Å². The lowest BCUT2D eigenvalue weighted by Gasteiger charge is -2.15. The molecular formula is C23H32N4O4. The molecular weight excluding hydrogens is 396 g/mol. The van der Waals surface area contributed by atoms with Crippen molar-refractivity contribution >= 4 is 11.9 Å². The summed E-state index contributed by atoms with van der Waals surface area (Å²) in [7, 11) is 0. The molecule has 1 saturated heterocycles. The fraction of sp³-hybridized carbons (Fsp3) is 0.478. The van der Waals surface area contributed by atoms with Crippen LogP contribution in [-0.2, 0) is 22.6 Å². The van der Waals surface area contributed by atoms with E-state index in [0.29, 0.717) is 38.0 Å². The molecule has 0 bridgehead atoms. The van der Waals surface area contributed by atoms with Gasteiger partial charge in [0.2, 0.25) is 5.91 Å². The summed E-state index contributed by atoms with van der Waals surface area (Å²) in [6.45, 7) is 6.98. The molecule has 1 aliphatic heterocycles. The van der Waals surface area contributed by atoms with E-state index in [-0.39, 0.29) is 18.6 Å². The second-order valence-corrected chi connectivity index (χ2v) is 7.46. The van der Waals surface area contributed by atoms with Crippen molar-refractivity contribution in [3.05, 3.63) is 53.5 Å². The van der Waals surface area contributed by atoms with Gasteiger partial charge < -0.3 is 29.8 Å². The highest BCUT2D eigenvalue weighted by atomic mass is 16.5. The number of aryl methyl sites for hydroxylation is 1. The number of nitrogens with one attached hydrogen (secondary N) is 3. The van der Waals surface area contributed by atoms with Crippen LogP contribution in [0.1, 0.15) is 36.7 Å². The van der Waals surface area contributed by atoms with Gasteiger partial charge in [0.25, 0.3) is 0 Å². The average molecular weight is 429 g/mol. The van der Waals surface area contributed by atoms with Crippen molar-refractivity contribution in [1.29, 1.82) is 0 Å². The van der Waals surface area contributed by atoms with Crippen LogP contribution in [-0.4, -0.2) is 44.3 Å². The van der Waals surface area contributed by atoms with Gasteiger partial charge in [-0.2, -0.15) is 0 Å². The summed E-state index contributed by atoms with van der Waals surface area (Å²) in [6, 6.07) is 9.72. The van der Waals surface area contributed by atoms with Crippen molar-refractivity contribution in [2.75, 3.05) is 26.3 Å². The van der Waals surface area contributed by atoms with Gasteiger partial charge in [0, 0.05) is 18.7 Å². The normalized spacial score (nSPS) is 16.2. The molecule has 1 atom stereocenters. The molecule has 0 spiro atoms.